The standard InChI is InChI=1S/C19H25N3O3S/c1-13(2)12-15-4-6-16(7-5-15)14(3)21-19(23)22-17-8-10-18(11-9-17)26(20,24)25/h4-11,13-14H,12H2,1-3H3,(H2,20,24,25)(H2,21,22,23). The maximum atomic E-state index is 12.1. The Hall–Kier alpha value is -2.38. The van der Waals surface area contributed by atoms with E-state index >= 15 is 0 Å². The van der Waals surface area contributed by atoms with E-state index in [9.17, 15) is 13.2 Å². The Bertz CT molecular complexity index is 845. The molecule has 2 aromatic carbocycles. The lowest BCUT2D eigenvalue weighted by Gasteiger charge is -2.16. The van der Waals surface area contributed by atoms with Gasteiger partial charge in [0.25, 0.3) is 0 Å². The molecule has 2 aromatic rings. The zero-order valence-corrected chi connectivity index (χ0v) is 16.0. The Morgan fingerprint density at radius 2 is 1.58 bits per heavy atom. The average molecular weight is 375 g/mol. The van der Waals surface area contributed by atoms with E-state index in [1.54, 1.807) is 0 Å². The third-order valence-electron chi connectivity index (χ3n) is 3.91. The summed E-state index contributed by atoms with van der Waals surface area (Å²) in [6, 6.07) is 13.3. The minimum atomic E-state index is -3.74. The van der Waals surface area contributed by atoms with Gasteiger partial charge in [0.2, 0.25) is 10.0 Å². The number of anilines is 1. The van der Waals surface area contributed by atoms with Crippen LogP contribution in [0.4, 0.5) is 10.5 Å². The number of rotatable bonds is 6. The number of urea groups is 1. The summed E-state index contributed by atoms with van der Waals surface area (Å²) in [5.41, 5.74) is 2.77. The van der Waals surface area contributed by atoms with Gasteiger partial charge in [-0.15, -0.1) is 0 Å². The van der Waals surface area contributed by atoms with Crippen molar-refractivity contribution in [3.05, 3.63) is 59.7 Å². The predicted octanol–water partition coefficient (Wildman–Crippen LogP) is 3.42. The number of carbonyl (C=O) groups is 1. The van der Waals surface area contributed by atoms with Gasteiger partial charge in [0.1, 0.15) is 0 Å². The van der Waals surface area contributed by atoms with Gasteiger partial charge < -0.3 is 10.6 Å². The van der Waals surface area contributed by atoms with Crippen LogP contribution in [0.2, 0.25) is 0 Å². The molecule has 0 aliphatic carbocycles. The van der Waals surface area contributed by atoms with Gasteiger partial charge in [-0.05, 0) is 54.7 Å². The molecule has 0 radical (unpaired) electrons. The first-order valence-corrected chi connectivity index (χ1v) is 9.99. The van der Waals surface area contributed by atoms with Crippen LogP contribution in [0.25, 0.3) is 0 Å². The van der Waals surface area contributed by atoms with E-state index in [0.717, 1.165) is 12.0 Å². The molecule has 0 saturated carbocycles. The normalized spacial score (nSPS) is 12.7. The topological polar surface area (TPSA) is 101 Å². The van der Waals surface area contributed by atoms with E-state index in [0.29, 0.717) is 11.6 Å². The molecule has 0 fully saturated rings. The second kappa shape index (κ2) is 8.33. The highest BCUT2D eigenvalue weighted by molar-refractivity contribution is 7.89. The van der Waals surface area contributed by atoms with Gasteiger partial charge in [0.15, 0.2) is 0 Å². The van der Waals surface area contributed by atoms with Gasteiger partial charge in [-0.3, -0.25) is 0 Å². The number of nitrogens with two attached hydrogens (primary N) is 1. The molecule has 0 heterocycles. The Labute approximate surface area is 154 Å². The van der Waals surface area contributed by atoms with Gasteiger partial charge in [0.05, 0.1) is 10.9 Å². The molecular weight excluding hydrogens is 350 g/mol. The lowest BCUT2D eigenvalue weighted by atomic mass is 10.00. The average Bonchev–Trinajstić information content (AvgIpc) is 2.54. The van der Waals surface area contributed by atoms with Crippen LogP contribution in [-0.2, 0) is 16.4 Å². The van der Waals surface area contributed by atoms with Crippen LogP contribution >= 0.6 is 0 Å². The fourth-order valence-electron chi connectivity index (χ4n) is 2.59. The Kier molecular flexibility index (Phi) is 6.39. The fourth-order valence-corrected chi connectivity index (χ4v) is 3.10. The first kappa shape index (κ1) is 19.9. The minimum Gasteiger partial charge on any atom is -0.331 e. The quantitative estimate of drug-likeness (QED) is 0.721. The smallest absolute Gasteiger partial charge is 0.319 e. The summed E-state index contributed by atoms with van der Waals surface area (Å²) < 4.78 is 22.5. The molecule has 0 aromatic heterocycles. The minimum absolute atomic E-state index is 0.00156. The van der Waals surface area contributed by atoms with Crippen LogP contribution in [0.15, 0.2) is 53.4 Å². The molecule has 0 spiro atoms. The van der Waals surface area contributed by atoms with Crippen molar-refractivity contribution in [3.63, 3.8) is 0 Å². The summed E-state index contributed by atoms with van der Waals surface area (Å²) in [4.78, 5) is 12.1. The van der Waals surface area contributed by atoms with Gasteiger partial charge >= 0.3 is 6.03 Å². The van der Waals surface area contributed by atoms with E-state index in [2.05, 4.69) is 36.6 Å². The van der Waals surface area contributed by atoms with E-state index in [-0.39, 0.29) is 17.0 Å². The van der Waals surface area contributed by atoms with Crippen molar-refractivity contribution in [3.8, 4) is 0 Å². The molecule has 1 unspecified atom stereocenters. The number of benzene rings is 2. The van der Waals surface area contributed by atoms with Gasteiger partial charge in [-0.1, -0.05) is 38.1 Å². The number of hydrogen-bond acceptors (Lipinski definition) is 3. The molecule has 2 amide bonds. The predicted molar refractivity (Wildman–Crippen MR) is 103 cm³/mol. The van der Waals surface area contributed by atoms with Crippen molar-refractivity contribution in [2.24, 2.45) is 11.1 Å². The van der Waals surface area contributed by atoms with E-state index in [4.69, 9.17) is 5.14 Å². The zero-order chi connectivity index (χ0) is 19.3. The highest BCUT2D eigenvalue weighted by Crippen LogP contribution is 2.16. The summed E-state index contributed by atoms with van der Waals surface area (Å²) in [6.45, 7) is 6.26. The second-order valence-corrected chi connectivity index (χ2v) is 8.29. The van der Waals surface area contributed by atoms with Gasteiger partial charge in [0, 0.05) is 5.69 Å². The molecule has 1 atom stereocenters. The van der Waals surface area contributed by atoms with Crippen molar-refractivity contribution in [2.45, 2.75) is 38.1 Å². The van der Waals surface area contributed by atoms with Gasteiger partial charge in [-0.2, -0.15) is 0 Å². The fraction of sp³-hybridized carbons (Fsp3) is 0.316. The van der Waals surface area contributed by atoms with Crippen molar-refractivity contribution >= 4 is 21.7 Å². The lowest BCUT2D eigenvalue weighted by molar-refractivity contribution is 0.249. The number of hydrogen-bond donors (Lipinski definition) is 3. The third kappa shape index (κ3) is 5.86. The van der Waals surface area contributed by atoms with Gasteiger partial charge in [-0.25, -0.2) is 18.4 Å². The number of primary sulfonamides is 1. The zero-order valence-electron chi connectivity index (χ0n) is 15.2. The Morgan fingerprint density at radius 3 is 2.08 bits per heavy atom. The van der Waals surface area contributed by atoms with E-state index < -0.39 is 10.0 Å². The number of nitrogens with one attached hydrogen (secondary N) is 2. The van der Waals surface area contributed by atoms with Crippen LogP contribution in [0.3, 0.4) is 0 Å². The first-order valence-electron chi connectivity index (χ1n) is 8.44. The first-order chi connectivity index (χ1) is 12.1. The molecule has 26 heavy (non-hydrogen) atoms. The van der Waals surface area contributed by atoms with Crippen LogP contribution in [0.5, 0.6) is 0 Å². The molecule has 2 rings (SSSR count). The summed E-state index contributed by atoms with van der Waals surface area (Å²) in [5, 5.41) is 10.6. The summed E-state index contributed by atoms with van der Waals surface area (Å²) in [5.74, 6) is 0.600. The Morgan fingerprint density at radius 1 is 1.00 bits per heavy atom. The molecule has 0 saturated heterocycles. The molecule has 7 heteroatoms. The highest BCUT2D eigenvalue weighted by Gasteiger charge is 2.11. The van der Waals surface area contributed by atoms with Crippen LogP contribution in [0.1, 0.15) is 37.9 Å². The molecule has 6 nitrogen and oxygen atoms in total. The van der Waals surface area contributed by atoms with E-state index in [1.807, 2.05) is 19.1 Å². The summed E-state index contributed by atoms with van der Waals surface area (Å²) in [7, 11) is -3.74. The number of carbonyl (C=O) groups excluding carboxylic acids is 1. The van der Waals surface area contributed by atoms with Crippen LogP contribution in [0, 0.1) is 5.92 Å². The SMILES string of the molecule is CC(C)Cc1ccc(C(C)NC(=O)Nc2ccc(S(N)(=O)=O)cc2)cc1. The highest BCUT2D eigenvalue weighted by atomic mass is 32.2. The largest absolute Gasteiger partial charge is 0.331 e. The summed E-state index contributed by atoms with van der Waals surface area (Å²) in [6.07, 6.45) is 1.02. The molecule has 0 aliphatic heterocycles. The third-order valence-corrected chi connectivity index (χ3v) is 4.84. The van der Waals surface area contributed by atoms with Crippen molar-refractivity contribution in [2.75, 3.05) is 5.32 Å². The molecular formula is C19H25N3O3S. The van der Waals surface area contributed by atoms with E-state index in [1.165, 1.54) is 29.8 Å². The van der Waals surface area contributed by atoms with Crippen molar-refractivity contribution < 1.29 is 13.2 Å². The van der Waals surface area contributed by atoms with Crippen molar-refractivity contribution in [1.82, 2.24) is 5.32 Å². The van der Waals surface area contributed by atoms with Crippen LogP contribution < -0.4 is 15.8 Å². The number of amides is 2. The number of sulfonamides is 1. The van der Waals surface area contributed by atoms with Crippen molar-refractivity contribution in [1.29, 1.82) is 0 Å². The lowest BCUT2D eigenvalue weighted by Crippen LogP contribution is -2.31. The maximum Gasteiger partial charge on any atom is 0.319 e. The molecule has 0 aliphatic rings. The van der Waals surface area contributed by atoms with Crippen LogP contribution in [-0.4, -0.2) is 14.4 Å². The molecule has 0 bridgehead atoms. The monoisotopic (exact) mass is 375 g/mol. The molecule has 4 N–H and O–H groups in total. The Balaban J connectivity index is 1.94. The maximum absolute atomic E-state index is 12.1. The second-order valence-electron chi connectivity index (χ2n) is 6.73. The summed E-state index contributed by atoms with van der Waals surface area (Å²) >= 11 is 0. The molecule has 140 valence electrons.